The molecule has 0 aliphatic heterocycles. The van der Waals surface area contributed by atoms with Crippen molar-refractivity contribution in [2.45, 2.75) is 52.4 Å². The van der Waals surface area contributed by atoms with E-state index in [0.29, 0.717) is 28.8 Å². The first-order valence-electron chi connectivity index (χ1n) is 7.03. The van der Waals surface area contributed by atoms with Gasteiger partial charge >= 0.3 is 0 Å². The van der Waals surface area contributed by atoms with E-state index >= 15 is 0 Å². The molecule has 19 heavy (non-hydrogen) atoms. The standard InChI is InChI=1S/C16H22Cl2O/c1-3-5-7-12(4-2)10-13(19)11-14-15(17)8-6-9-16(14)18/h6,8-9,12H,3-5,7,10-11H2,1-2H3. The molecule has 0 bridgehead atoms. The summed E-state index contributed by atoms with van der Waals surface area (Å²) < 4.78 is 0. The smallest absolute Gasteiger partial charge is 0.137 e. The van der Waals surface area contributed by atoms with Gasteiger partial charge in [0.2, 0.25) is 0 Å². The summed E-state index contributed by atoms with van der Waals surface area (Å²) in [6.45, 7) is 4.33. The van der Waals surface area contributed by atoms with Gasteiger partial charge in [0.1, 0.15) is 5.78 Å². The van der Waals surface area contributed by atoms with Gasteiger partial charge in [0.25, 0.3) is 0 Å². The van der Waals surface area contributed by atoms with Gasteiger partial charge in [0.15, 0.2) is 0 Å². The number of halogens is 2. The molecule has 0 spiro atoms. The first kappa shape index (κ1) is 16.5. The molecule has 1 aromatic rings. The van der Waals surface area contributed by atoms with Crippen LogP contribution in [-0.4, -0.2) is 5.78 Å². The third-order valence-electron chi connectivity index (χ3n) is 3.50. The monoisotopic (exact) mass is 300 g/mol. The molecule has 1 rings (SSSR count). The predicted molar refractivity (Wildman–Crippen MR) is 83.1 cm³/mol. The lowest BCUT2D eigenvalue weighted by Gasteiger charge is -2.14. The summed E-state index contributed by atoms with van der Waals surface area (Å²) >= 11 is 12.2. The van der Waals surface area contributed by atoms with Crippen molar-refractivity contribution in [3.63, 3.8) is 0 Å². The molecule has 106 valence electrons. The second-order valence-corrected chi connectivity index (χ2v) is 5.85. The molecule has 0 N–H and O–H groups in total. The molecule has 0 radical (unpaired) electrons. The number of hydrogen-bond donors (Lipinski definition) is 0. The van der Waals surface area contributed by atoms with Gasteiger partial charge in [0, 0.05) is 22.9 Å². The normalized spacial score (nSPS) is 12.4. The van der Waals surface area contributed by atoms with Crippen molar-refractivity contribution in [1.82, 2.24) is 0 Å². The second-order valence-electron chi connectivity index (χ2n) is 5.04. The third kappa shape index (κ3) is 5.54. The summed E-state index contributed by atoms with van der Waals surface area (Å²) in [6, 6.07) is 5.36. The Morgan fingerprint density at radius 2 is 1.84 bits per heavy atom. The fourth-order valence-corrected chi connectivity index (χ4v) is 2.77. The predicted octanol–water partition coefficient (Wildman–Crippen LogP) is 5.71. The highest BCUT2D eigenvalue weighted by molar-refractivity contribution is 6.36. The first-order valence-corrected chi connectivity index (χ1v) is 7.78. The average Bonchev–Trinajstić information content (AvgIpc) is 2.39. The van der Waals surface area contributed by atoms with E-state index in [1.54, 1.807) is 18.2 Å². The van der Waals surface area contributed by atoms with E-state index in [-0.39, 0.29) is 5.78 Å². The molecule has 0 saturated carbocycles. The van der Waals surface area contributed by atoms with Gasteiger partial charge in [0.05, 0.1) is 0 Å². The highest BCUT2D eigenvalue weighted by atomic mass is 35.5. The van der Waals surface area contributed by atoms with Crippen LogP contribution in [0.15, 0.2) is 18.2 Å². The maximum atomic E-state index is 12.1. The molecule has 0 aliphatic rings. The molecular formula is C16H22Cl2O. The second kappa shape index (κ2) is 8.60. The maximum Gasteiger partial charge on any atom is 0.137 e. The van der Waals surface area contributed by atoms with Gasteiger partial charge in [-0.15, -0.1) is 0 Å². The average molecular weight is 301 g/mol. The van der Waals surface area contributed by atoms with E-state index in [1.807, 2.05) is 0 Å². The van der Waals surface area contributed by atoms with Gasteiger partial charge in [-0.1, -0.05) is 68.8 Å². The number of hydrogen-bond acceptors (Lipinski definition) is 1. The van der Waals surface area contributed by atoms with E-state index in [2.05, 4.69) is 13.8 Å². The Morgan fingerprint density at radius 1 is 1.21 bits per heavy atom. The summed E-state index contributed by atoms with van der Waals surface area (Å²) in [5.41, 5.74) is 0.765. The Morgan fingerprint density at radius 3 is 2.37 bits per heavy atom. The Kier molecular flexibility index (Phi) is 7.48. The highest BCUT2D eigenvalue weighted by Crippen LogP contribution is 2.26. The Balaban J connectivity index is 2.59. The van der Waals surface area contributed by atoms with Gasteiger partial charge in [-0.05, 0) is 23.6 Å². The van der Waals surface area contributed by atoms with E-state index in [1.165, 1.54) is 12.8 Å². The number of Topliss-reactive ketones (excluding diaryl/α,β-unsaturated/α-hetero) is 1. The minimum absolute atomic E-state index is 0.234. The summed E-state index contributed by atoms with van der Waals surface area (Å²) in [4.78, 5) is 12.1. The van der Waals surface area contributed by atoms with Crippen molar-refractivity contribution >= 4 is 29.0 Å². The van der Waals surface area contributed by atoms with Crippen molar-refractivity contribution in [3.05, 3.63) is 33.8 Å². The molecule has 0 fully saturated rings. The van der Waals surface area contributed by atoms with E-state index in [9.17, 15) is 4.79 Å². The van der Waals surface area contributed by atoms with Crippen LogP contribution in [-0.2, 0) is 11.2 Å². The summed E-state index contributed by atoms with van der Waals surface area (Å²) in [7, 11) is 0. The molecular weight excluding hydrogens is 279 g/mol. The van der Waals surface area contributed by atoms with Crippen LogP contribution in [0.25, 0.3) is 0 Å². The van der Waals surface area contributed by atoms with E-state index < -0.39 is 0 Å². The molecule has 3 heteroatoms. The van der Waals surface area contributed by atoms with E-state index in [0.717, 1.165) is 18.4 Å². The molecule has 1 atom stereocenters. The molecule has 1 unspecified atom stereocenters. The van der Waals surface area contributed by atoms with Gasteiger partial charge < -0.3 is 0 Å². The number of carbonyl (C=O) groups is 1. The Bertz CT molecular complexity index is 395. The molecule has 0 heterocycles. The minimum atomic E-state index is 0.234. The van der Waals surface area contributed by atoms with Crippen LogP contribution in [0.3, 0.4) is 0 Å². The molecule has 0 amide bonds. The largest absolute Gasteiger partial charge is 0.299 e. The lowest BCUT2D eigenvalue weighted by atomic mass is 9.92. The number of carbonyl (C=O) groups excluding carboxylic acids is 1. The minimum Gasteiger partial charge on any atom is -0.299 e. The van der Waals surface area contributed by atoms with Crippen molar-refractivity contribution in [1.29, 1.82) is 0 Å². The van der Waals surface area contributed by atoms with Crippen molar-refractivity contribution < 1.29 is 4.79 Å². The van der Waals surface area contributed by atoms with Crippen molar-refractivity contribution in [2.75, 3.05) is 0 Å². The van der Waals surface area contributed by atoms with Gasteiger partial charge in [-0.2, -0.15) is 0 Å². The number of benzene rings is 1. The van der Waals surface area contributed by atoms with Gasteiger partial charge in [-0.3, -0.25) is 4.79 Å². The van der Waals surface area contributed by atoms with Crippen molar-refractivity contribution in [2.24, 2.45) is 5.92 Å². The number of unbranched alkanes of at least 4 members (excludes halogenated alkanes) is 1. The van der Waals surface area contributed by atoms with Crippen LogP contribution in [0.4, 0.5) is 0 Å². The molecule has 0 saturated heterocycles. The van der Waals surface area contributed by atoms with Crippen LogP contribution in [0, 0.1) is 5.92 Å². The SMILES string of the molecule is CCCCC(CC)CC(=O)Cc1c(Cl)cccc1Cl. The van der Waals surface area contributed by atoms with Crippen LogP contribution >= 0.6 is 23.2 Å². The fraction of sp³-hybridized carbons (Fsp3) is 0.562. The van der Waals surface area contributed by atoms with Crippen LogP contribution in [0.5, 0.6) is 0 Å². The molecule has 1 nitrogen and oxygen atoms in total. The Labute approximate surface area is 126 Å². The third-order valence-corrected chi connectivity index (χ3v) is 4.20. The molecule has 0 aliphatic carbocycles. The topological polar surface area (TPSA) is 17.1 Å². The molecule has 1 aromatic carbocycles. The van der Waals surface area contributed by atoms with Crippen LogP contribution in [0.2, 0.25) is 10.0 Å². The number of rotatable bonds is 8. The van der Waals surface area contributed by atoms with E-state index in [4.69, 9.17) is 23.2 Å². The zero-order chi connectivity index (χ0) is 14.3. The van der Waals surface area contributed by atoms with Crippen LogP contribution < -0.4 is 0 Å². The zero-order valence-electron chi connectivity index (χ0n) is 11.7. The first-order chi connectivity index (χ1) is 9.08. The summed E-state index contributed by atoms with van der Waals surface area (Å²) in [6.07, 6.45) is 5.55. The van der Waals surface area contributed by atoms with Gasteiger partial charge in [-0.25, -0.2) is 0 Å². The lowest BCUT2D eigenvalue weighted by Crippen LogP contribution is -2.11. The summed E-state index contributed by atoms with van der Waals surface area (Å²) in [5, 5.41) is 1.17. The Hall–Kier alpha value is -0.530. The summed E-state index contributed by atoms with van der Waals surface area (Å²) in [5.74, 6) is 0.728. The molecule has 0 aromatic heterocycles. The number of ketones is 1. The zero-order valence-corrected chi connectivity index (χ0v) is 13.2. The van der Waals surface area contributed by atoms with Crippen LogP contribution in [0.1, 0.15) is 51.5 Å². The highest BCUT2D eigenvalue weighted by Gasteiger charge is 2.15. The maximum absolute atomic E-state index is 12.1. The quantitative estimate of drug-likeness (QED) is 0.601. The lowest BCUT2D eigenvalue weighted by molar-refractivity contribution is -0.119. The fourth-order valence-electron chi connectivity index (χ4n) is 2.24. The van der Waals surface area contributed by atoms with Crippen molar-refractivity contribution in [3.8, 4) is 0 Å².